The van der Waals surface area contributed by atoms with Gasteiger partial charge in [-0.3, -0.25) is 9.59 Å². The van der Waals surface area contributed by atoms with Crippen LogP contribution in [0, 0.1) is 11.8 Å². The van der Waals surface area contributed by atoms with Gasteiger partial charge in [-0.05, 0) is 42.7 Å². The third kappa shape index (κ3) is 7.93. The van der Waals surface area contributed by atoms with Crippen LogP contribution in [0.5, 0.6) is 5.75 Å². The Hall–Kier alpha value is -4.16. The molecule has 3 amide bonds. The monoisotopic (exact) mass is 563 g/mol. The minimum atomic E-state index is -4.21. The average molecular weight is 564 g/mol. The van der Waals surface area contributed by atoms with Crippen LogP contribution >= 0.6 is 0 Å². The fraction of sp³-hybridized carbons (Fsp3) is 0.444. The molecule has 13 heteroatoms. The van der Waals surface area contributed by atoms with Gasteiger partial charge in [0, 0.05) is 50.0 Å². The number of nitrogens with two attached hydrogens (primary N) is 1. The van der Waals surface area contributed by atoms with Crippen molar-refractivity contribution < 1.29 is 37.0 Å². The van der Waals surface area contributed by atoms with E-state index in [0.29, 0.717) is 30.2 Å². The molecule has 1 unspecified atom stereocenters. The number of anilines is 3. The molecule has 0 saturated carbocycles. The quantitative estimate of drug-likeness (QED) is 0.325. The van der Waals surface area contributed by atoms with Crippen LogP contribution in [0.2, 0.25) is 0 Å². The first-order valence-corrected chi connectivity index (χ1v) is 13.0. The maximum atomic E-state index is 13.1. The highest BCUT2D eigenvalue weighted by molar-refractivity contribution is 5.89. The van der Waals surface area contributed by atoms with Crippen molar-refractivity contribution in [3.63, 3.8) is 0 Å². The van der Waals surface area contributed by atoms with Gasteiger partial charge < -0.3 is 36.1 Å². The molecule has 2 aliphatic rings. The Morgan fingerprint density at radius 3 is 2.38 bits per heavy atom. The van der Waals surface area contributed by atoms with Crippen molar-refractivity contribution in [3.05, 3.63) is 48.0 Å². The molecule has 216 valence electrons. The molecule has 2 fully saturated rings. The molecule has 5 N–H and O–H groups in total. The van der Waals surface area contributed by atoms with Crippen LogP contribution in [0.4, 0.5) is 35.0 Å². The lowest BCUT2D eigenvalue weighted by Gasteiger charge is -2.35. The van der Waals surface area contributed by atoms with Crippen molar-refractivity contribution in [1.82, 2.24) is 10.6 Å². The molecule has 0 bridgehead atoms. The Morgan fingerprint density at radius 1 is 1.05 bits per heavy atom. The second-order valence-corrected chi connectivity index (χ2v) is 9.75. The maximum absolute atomic E-state index is 13.1. The van der Waals surface area contributed by atoms with Gasteiger partial charge in [0.25, 0.3) is 0 Å². The van der Waals surface area contributed by atoms with E-state index in [1.54, 1.807) is 12.1 Å². The number of ether oxygens (including phenoxy) is 2. The molecule has 40 heavy (non-hydrogen) atoms. The van der Waals surface area contributed by atoms with E-state index >= 15 is 0 Å². The summed E-state index contributed by atoms with van der Waals surface area (Å²) >= 11 is 0. The molecule has 0 radical (unpaired) electrons. The van der Waals surface area contributed by atoms with Crippen LogP contribution in [0.3, 0.4) is 0 Å². The lowest BCUT2D eigenvalue weighted by Crippen LogP contribution is -2.39. The Balaban J connectivity index is 1.38. The van der Waals surface area contributed by atoms with Crippen LogP contribution in [0.25, 0.3) is 0 Å². The zero-order valence-electron chi connectivity index (χ0n) is 21.8. The number of halogens is 3. The van der Waals surface area contributed by atoms with Crippen LogP contribution in [-0.2, 0) is 20.9 Å². The van der Waals surface area contributed by atoms with E-state index < -0.39 is 18.2 Å². The van der Waals surface area contributed by atoms with Crippen LogP contribution in [0.15, 0.2) is 42.5 Å². The summed E-state index contributed by atoms with van der Waals surface area (Å²) in [5, 5.41) is 8.75. The summed E-state index contributed by atoms with van der Waals surface area (Å²) in [7, 11) is 0. The highest BCUT2D eigenvalue weighted by Gasteiger charge is 2.41. The van der Waals surface area contributed by atoms with Crippen molar-refractivity contribution in [2.45, 2.75) is 32.0 Å². The lowest BCUT2D eigenvalue weighted by molar-refractivity contribution is -0.179. The number of alkyl halides is 3. The number of piperidine rings is 1. The Morgan fingerprint density at radius 2 is 1.75 bits per heavy atom. The molecule has 0 aromatic heterocycles. The minimum Gasteiger partial charge on any atom is -0.488 e. The summed E-state index contributed by atoms with van der Waals surface area (Å²) in [4.78, 5) is 36.2. The van der Waals surface area contributed by atoms with Crippen molar-refractivity contribution in [3.8, 4) is 5.75 Å². The van der Waals surface area contributed by atoms with Crippen LogP contribution in [-0.4, -0.2) is 56.9 Å². The third-order valence-corrected chi connectivity index (χ3v) is 6.90. The van der Waals surface area contributed by atoms with E-state index in [9.17, 15) is 27.6 Å². The molecule has 4 rings (SSSR count). The first-order valence-electron chi connectivity index (χ1n) is 13.0. The molecule has 0 aliphatic carbocycles. The number of carbonyl (C=O) groups excluding carboxylic acids is 3. The third-order valence-electron chi connectivity index (χ3n) is 6.90. The first-order chi connectivity index (χ1) is 19.1. The molecular formula is C27H32F3N5O5. The predicted octanol–water partition coefficient (Wildman–Crippen LogP) is 3.44. The van der Waals surface area contributed by atoms with Gasteiger partial charge in [0.05, 0.1) is 17.5 Å². The molecule has 2 aromatic rings. The molecule has 2 heterocycles. The minimum absolute atomic E-state index is 0.00377. The SMILES string of the molecule is NC(=O)OCCOc1cc(Nc2ccc(CNC(=O)C3CNC(=O)C3)cc2)ccc1N1CCC(C(F)(F)F)CC1. The van der Waals surface area contributed by atoms with Gasteiger partial charge in [0.1, 0.15) is 19.0 Å². The van der Waals surface area contributed by atoms with Gasteiger partial charge in [0.15, 0.2) is 0 Å². The van der Waals surface area contributed by atoms with Crippen molar-refractivity contribution >= 4 is 35.0 Å². The molecule has 10 nitrogen and oxygen atoms in total. The predicted molar refractivity (Wildman–Crippen MR) is 141 cm³/mol. The van der Waals surface area contributed by atoms with Gasteiger partial charge in [-0.15, -0.1) is 0 Å². The van der Waals surface area contributed by atoms with Gasteiger partial charge in [0.2, 0.25) is 11.8 Å². The summed E-state index contributed by atoms with van der Waals surface area (Å²) in [5.41, 5.74) is 7.97. The molecule has 2 aliphatic heterocycles. The number of carbonyl (C=O) groups is 3. The summed E-state index contributed by atoms with van der Waals surface area (Å²) in [6, 6.07) is 12.7. The van der Waals surface area contributed by atoms with E-state index in [1.165, 1.54) is 0 Å². The van der Waals surface area contributed by atoms with Crippen molar-refractivity contribution in [1.29, 1.82) is 0 Å². The number of amides is 3. The number of hydrogen-bond acceptors (Lipinski definition) is 7. The van der Waals surface area contributed by atoms with E-state index in [4.69, 9.17) is 15.2 Å². The zero-order chi connectivity index (χ0) is 28.7. The number of primary amides is 1. The number of benzene rings is 2. The van der Waals surface area contributed by atoms with E-state index in [2.05, 4.69) is 16.0 Å². The summed E-state index contributed by atoms with van der Waals surface area (Å²) in [5.74, 6) is -1.54. The Kier molecular flexibility index (Phi) is 9.22. The topological polar surface area (TPSA) is 135 Å². The van der Waals surface area contributed by atoms with Crippen LogP contribution in [0.1, 0.15) is 24.8 Å². The first kappa shape index (κ1) is 28.8. The highest BCUT2D eigenvalue weighted by Crippen LogP contribution is 2.39. The highest BCUT2D eigenvalue weighted by atomic mass is 19.4. The van der Waals surface area contributed by atoms with Gasteiger partial charge in [-0.1, -0.05) is 12.1 Å². The largest absolute Gasteiger partial charge is 0.488 e. The van der Waals surface area contributed by atoms with Crippen molar-refractivity contribution in [2.75, 3.05) is 43.1 Å². The average Bonchev–Trinajstić information content (AvgIpc) is 3.36. The van der Waals surface area contributed by atoms with Gasteiger partial charge in [-0.2, -0.15) is 13.2 Å². The second-order valence-electron chi connectivity index (χ2n) is 9.75. The number of nitrogens with zero attached hydrogens (tertiary/aromatic N) is 1. The second kappa shape index (κ2) is 12.8. The van der Waals surface area contributed by atoms with Gasteiger partial charge >= 0.3 is 12.3 Å². The molecule has 1 atom stereocenters. The standard InChI is InChI=1S/C27H32F3N5O5/c28-27(29,30)19-7-9-35(10-8-19)22-6-5-21(14-23(22)39-11-12-40-26(31)38)34-20-3-1-17(2-4-20)15-33-25(37)18-13-24(36)32-16-18/h1-6,14,18-19,34H,7-13,15-16H2,(H2,31,38)(H,32,36)(H,33,37). The summed E-state index contributed by atoms with van der Waals surface area (Å²) < 4.78 is 49.9. The van der Waals surface area contributed by atoms with Crippen LogP contribution < -0.4 is 31.3 Å². The number of hydrogen-bond donors (Lipinski definition) is 4. The molecular weight excluding hydrogens is 531 g/mol. The zero-order valence-corrected chi connectivity index (χ0v) is 21.8. The van der Waals surface area contributed by atoms with E-state index in [-0.39, 0.29) is 63.3 Å². The number of rotatable bonds is 10. The van der Waals surface area contributed by atoms with Gasteiger partial charge in [-0.25, -0.2) is 4.79 Å². The summed E-state index contributed by atoms with van der Waals surface area (Å²) in [6.07, 6.45) is -4.95. The van der Waals surface area contributed by atoms with E-state index in [0.717, 1.165) is 11.3 Å². The fourth-order valence-corrected chi connectivity index (χ4v) is 4.71. The Labute approximate surface area is 229 Å². The van der Waals surface area contributed by atoms with Crippen molar-refractivity contribution in [2.24, 2.45) is 17.6 Å². The summed E-state index contributed by atoms with van der Waals surface area (Å²) in [6.45, 7) is 1.09. The normalized spacial score (nSPS) is 17.7. The fourth-order valence-electron chi connectivity index (χ4n) is 4.71. The molecule has 2 aromatic carbocycles. The number of nitrogens with one attached hydrogen (secondary N) is 3. The lowest BCUT2D eigenvalue weighted by atomic mass is 9.96. The molecule has 0 spiro atoms. The smallest absolute Gasteiger partial charge is 0.404 e. The van der Waals surface area contributed by atoms with E-state index in [1.807, 2.05) is 35.2 Å². The Bertz CT molecular complexity index is 1200. The molecule has 2 saturated heterocycles. The maximum Gasteiger partial charge on any atom is 0.404 e.